The van der Waals surface area contributed by atoms with Crippen LogP contribution in [0.5, 0.6) is 5.75 Å². The van der Waals surface area contributed by atoms with Crippen molar-refractivity contribution in [1.29, 1.82) is 0 Å². The number of aromatic nitrogens is 3. The van der Waals surface area contributed by atoms with Crippen LogP contribution in [0.2, 0.25) is 0 Å². The lowest BCUT2D eigenvalue weighted by molar-refractivity contribution is 0.0950. The van der Waals surface area contributed by atoms with Crippen molar-refractivity contribution >= 4 is 21.6 Å². The maximum atomic E-state index is 13.1. The fourth-order valence-electron chi connectivity index (χ4n) is 3.27. The third-order valence-electron chi connectivity index (χ3n) is 5.19. The van der Waals surface area contributed by atoms with E-state index in [1.165, 1.54) is 19.2 Å². The zero-order valence-corrected chi connectivity index (χ0v) is 19.4. The van der Waals surface area contributed by atoms with E-state index < -0.39 is 10.0 Å². The van der Waals surface area contributed by atoms with E-state index in [9.17, 15) is 13.2 Å². The number of nitrogens with zero attached hydrogens (tertiary/aromatic N) is 4. The van der Waals surface area contributed by atoms with Gasteiger partial charge in [0.15, 0.2) is 5.82 Å². The Labute approximate surface area is 197 Å². The van der Waals surface area contributed by atoms with Gasteiger partial charge in [0.2, 0.25) is 0 Å². The quantitative estimate of drug-likeness (QED) is 0.418. The number of carbonyl (C=O) groups is 1. The van der Waals surface area contributed by atoms with Crippen molar-refractivity contribution in [2.75, 3.05) is 18.5 Å². The van der Waals surface area contributed by atoms with Crippen LogP contribution in [0.4, 0.5) is 5.69 Å². The van der Waals surface area contributed by atoms with E-state index in [4.69, 9.17) is 4.74 Å². The number of benzene rings is 2. The van der Waals surface area contributed by atoms with Gasteiger partial charge in [0, 0.05) is 37.7 Å². The first-order chi connectivity index (χ1) is 16.4. The summed E-state index contributed by atoms with van der Waals surface area (Å²) in [4.78, 5) is 17.0. The minimum Gasteiger partial charge on any atom is -0.497 e. The lowest BCUT2D eigenvalue weighted by Crippen LogP contribution is -2.27. The van der Waals surface area contributed by atoms with Crippen molar-refractivity contribution in [2.45, 2.75) is 11.4 Å². The molecule has 0 bridgehead atoms. The third kappa shape index (κ3) is 4.91. The Kier molecular flexibility index (Phi) is 6.60. The number of pyridine rings is 1. The number of ether oxygens (including phenoxy) is 1. The van der Waals surface area contributed by atoms with Crippen molar-refractivity contribution in [3.05, 3.63) is 96.4 Å². The molecule has 2 heterocycles. The molecule has 2 aromatic carbocycles. The monoisotopic (exact) mass is 477 g/mol. The first-order valence-electron chi connectivity index (χ1n) is 10.3. The van der Waals surface area contributed by atoms with Gasteiger partial charge in [-0.25, -0.2) is 18.1 Å². The van der Waals surface area contributed by atoms with Gasteiger partial charge in [-0.05, 0) is 66.2 Å². The fourth-order valence-corrected chi connectivity index (χ4v) is 4.51. The van der Waals surface area contributed by atoms with Crippen LogP contribution in [-0.4, -0.2) is 43.2 Å². The zero-order chi connectivity index (χ0) is 24.1. The van der Waals surface area contributed by atoms with E-state index in [0.29, 0.717) is 17.3 Å². The van der Waals surface area contributed by atoms with Gasteiger partial charge < -0.3 is 10.1 Å². The van der Waals surface area contributed by atoms with E-state index in [1.54, 1.807) is 78.9 Å². The molecule has 0 aliphatic carbocycles. The number of rotatable bonds is 8. The van der Waals surface area contributed by atoms with Gasteiger partial charge in [0.25, 0.3) is 15.9 Å². The summed E-state index contributed by atoms with van der Waals surface area (Å²) in [5.74, 6) is 0.868. The Hall–Kier alpha value is -4.18. The number of sulfonamides is 1. The Bertz CT molecular complexity index is 1390. The summed E-state index contributed by atoms with van der Waals surface area (Å²) in [7, 11) is -0.867. The molecule has 2 aromatic heterocycles. The Balaban J connectivity index is 1.48. The number of carbonyl (C=O) groups excluding carboxylic acids is 1. The number of anilines is 1. The van der Waals surface area contributed by atoms with Crippen LogP contribution in [0.1, 0.15) is 15.9 Å². The van der Waals surface area contributed by atoms with Crippen molar-refractivity contribution in [3.8, 4) is 11.6 Å². The number of hydrogen-bond donors (Lipinski definition) is 1. The molecule has 1 amide bonds. The molecule has 0 unspecified atom stereocenters. The molecule has 0 saturated heterocycles. The van der Waals surface area contributed by atoms with Crippen molar-refractivity contribution in [3.63, 3.8) is 0 Å². The molecule has 0 saturated carbocycles. The van der Waals surface area contributed by atoms with E-state index in [2.05, 4.69) is 15.4 Å². The summed E-state index contributed by atoms with van der Waals surface area (Å²) in [6, 6.07) is 18.0. The molecule has 0 radical (unpaired) electrons. The highest BCUT2D eigenvalue weighted by Gasteiger charge is 2.22. The molecule has 0 spiro atoms. The van der Waals surface area contributed by atoms with Gasteiger partial charge in [-0.15, -0.1) is 0 Å². The highest BCUT2D eigenvalue weighted by atomic mass is 32.2. The van der Waals surface area contributed by atoms with Crippen molar-refractivity contribution < 1.29 is 17.9 Å². The van der Waals surface area contributed by atoms with Crippen molar-refractivity contribution in [1.82, 2.24) is 20.1 Å². The Morgan fingerprint density at radius 2 is 1.85 bits per heavy atom. The molecule has 10 heteroatoms. The average Bonchev–Trinajstić information content (AvgIpc) is 3.42. The SMILES string of the molecule is COc1ccc(N(C)S(=O)(=O)c2cccc(C(=O)NCc3ccnc(-n4cccn4)c3)c2)cc1. The summed E-state index contributed by atoms with van der Waals surface area (Å²) in [6.45, 7) is 0.248. The largest absolute Gasteiger partial charge is 0.497 e. The van der Waals surface area contributed by atoms with Crippen LogP contribution in [0.25, 0.3) is 5.82 Å². The molecule has 1 N–H and O–H groups in total. The maximum absolute atomic E-state index is 13.1. The van der Waals surface area contributed by atoms with E-state index >= 15 is 0 Å². The minimum atomic E-state index is -3.87. The molecule has 4 aromatic rings. The molecule has 0 atom stereocenters. The van der Waals surface area contributed by atoms with E-state index in [1.807, 2.05) is 6.07 Å². The molecule has 4 rings (SSSR count). The zero-order valence-electron chi connectivity index (χ0n) is 18.6. The highest BCUT2D eigenvalue weighted by Crippen LogP contribution is 2.24. The van der Waals surface area contributed by atoms with Crippen LogP contribution in [0.3, 0.4) is 0 Å². The molecule has 0 aliphatic rings. The minimum absolute atomic E-state index is 0.0170. The fraction of sp³-hybridized carbons (Fsp3) is 0.125. The lowest BCUT2D eigenvalue weighted by Gasteiger charge is -2.20. The summed E-state index contributed by atoms with van der Waals surface area (Å²) in [5.41, 5.74) is 1.55. The van der Waals surface area contributed by atoms with Crippen LogP contribution in [0, 0.1) is 0 Å². The average molecular weight is 478 g/mol. The van der Waals surface area contributed by atoms with E-state index in [0.717, 1.165) is 9.87 Å². The normalized spacial score (nSPS) is 11.1. The van der Waals surface area contributed by atoms with Crippen LogP contribution in [0.15, 0.2) is 90.2 Å². The van der Waals surface area contributed by atoms with E-state index in [-0.39, 0.29) is 22.9 Å². The first kappa shape index (κ1) is 23.0. The second-order valence-corrected chi connectivity index (χ2v) is 9.32. The number of nitrogens with one attached hydrogen (secondary N) is 1. The van der Waals surface area contributed by atoms with Gasteiger partial charge in [0.1, 0.15) is 5.75 Å². The molecule has 0 aliphatic heterocycles. The molecule has 9 nitrogen and oxygen atoms in total. The predicted molar refractivity (Wildman–Crippen MR) is 128 cm³/mol. The smallest absolute Gasteiger partial charge is 0.264 e. The van der Waals surface area contributed by atoms with Crippen LogP contribution in [-0.2, 0) is 16.6 Å². The van der Waals surface area contributed by atoms with Gasteiger partial charge >= 0.3 is 0 Å². The molecule has 0 fully saturated rings. The van der Waals surface area contributed by atoms with Gasteiger partial charge in [-0.3, -0.25) is 9.10 Å². The van der Waals surface area contributed by atoms with Gasteiger partial charge in [0.05, 0.1) is 17.7 Å². The molecular formula is C24H23N5O4S. The molecular weight excluding hydrogens is 454 g/mol. The molecule has 174 valence electrons. The standard InChI is InChI=1S/C24H23N5O4S/c1-28(20-7-9-21(33-2)10-8-20)34(31,32)22-6-3-5-19(16-22)24(30)26-17-18-11-13-25-23(15-18)29-14-4-12-27-29/h3-16H,17H2,1-2H3,(H,26,30). The summed E-state index contributed by atoms with van der Waals surface area (Å²) >= 11 is 0. The topological polar surface area (TPSA) is 106 Å². The Morgan fingerprint density at radius 3 is 2.56 bits per heavy atom. The third-order valence-corrected chi connectivity index (χ3v) is 6.97. The van der Waals surface area contributed by atoms with Gasteiger partial charge in [-0.1, -0.05) is 6.07 Å². The predicted octanol–water partition coefficient (Wildman–Crippen LogP) is 3.03. The Morgan fingerprint density at radius 1 is 1.06 bits per heavy atom. The van der Waals surface area contributed by atoms with Crippen LogP contribution >= 0.6 is 0 Å². The molecule has 34 heavy (non-hydrogen) atoms. The highest BCUT2D eigenvalue weighted by molar-refractivity contribution is 7.92. The van der Waals surface area contributed by atoms with Crippen molar-refractivity contribution in [2.24, 2.45) is 0 Å². The maximum Gasteiger partial charge on any atom is 0.264 e. The first-order valence-corrected chi connectivity index (χ1v) is 11.8. The number of hydrogen-bond acceptors (Lipinski definition) is 6. The second kappa shape index (κ2) is 9.75. The van der Waals surface area contributed by atoms with Crippen LogP contribution < -0.4 is 14.4 Å². The summed E-state index contributed by atoms with van der Waals surface area (Å²) < 4.78 is 34.2. The second-order valence-electron chi connectivity index (χ2n) is 7.35. The number of methoxy groups -OCH3 is 1. The lowest BCUT2D eigenvalue weighted by atomic mass is 10.2. The summed E-state index contributed by atoms with van der Waals surface area (Å²) in [5, 5.41) is 6.97. The number of amides is 1. The van der Waals surface area contributed by atoms with Gasteiger partial charge in [-0.2, -0.15) is 5.10 Å². The summed E-state index contributed by atoms with van der Waals surface area (Å²) in [6.07, 6.45) is 5.07.